The summed E-state index contributed by atoms with van der Waals surface area (Å²) in [5.74, 6) is -0.0557. The lowest BCUT2D eigenvalue weighted by Gasteiger charge is -2.34. The molecular formula is C19H18F3N4. The smallest absolute Gasteiger partial charge is 0.346 e. The summed E-state index contributed by atoms with van der Waals surface area (Å²) in [5, 5.41) is 2.10. The average molecular weight is 359 g/mol. The number of H-pyrrole nitrogens is 1. The Morgan fingerprint density at radius 2 is 2.08 bits per heavy atom. The molecule has 0 bridgehead atoms. The van der Waals surface area contributed by atoms with Crippen LogP contribution in [0.4, 0.5) is 13.2 Å². The molecule has 1 aliphatic heterocycles. The van der Waals surface area contributed by atoms with Crippen LogP contribution in [0.25, 0.3) is 21.9 Å². The van der Waals surface area contributed by atoms with Crippen molar-refractivity contribution in [1.82, 2.24) is 19.9 Å². The molecule has 1 saturated carbocycles. The molecule has 5 rings (SSSR count). The Hall–Kier alpha value is -2.15. The number of fused-ring (bicyclic) bond motifs is 3. The summed E-state index contributed by atoms with van der Waals surface area (Å²) >= 11 is 0. The largest absolute Gasteiger partial charge is 0.396 e. The van der Waals surface area contributed by atoms with Crippen LogP contribution >= 0.6 is 0 Å². The number of alkyl halides is 3. The van der Waals surface area contributed by atoms with E-state index in [4.69, 9.17) is 0 Å². The molecule has 7 heteroatoms. The quantitative estimate of drug-likeness (QED) is 0.746. The second-order valence-electron chi connectivity index (χ2n) is 7.24. The number of nitrogens with zero attached hydrogens (tertiary/aromatic N) is 3. The number of nitrogens with one attached hydrogen (secondary N) is 1. The molecular weight excluding hydrogens is 341 g/mol. The zero-order chi connectivity index (χ0) is 17.9. The van der Waals surface area contributed by atoms with E-state index in [2.05, 4.69) is 15.0 Å². The van der Waals surface area contributed by atoms with Crippen LogP contribution in [0.5, 0.6) is 0 Å². The lowest BCUT2D eigenvalue weighted by molar-refractivity contribution is -0.105. The summed E-state index contributed by atoms with van der Waals surface area (Å²) in [5.41, 5.74) is 2.82. The minimum absolute atomic E-state index is 0.166. The van der Waals surface area contributed by atoms with Crippen molar-refractivity contribution in [2.45, 2.75) is 37.4 Å². The summed E-state index contributed by atoms with van der Waals surface area (Å²) in [6.07, 6.45) is 3.31. The predicted molar refractivity (Wildman–Crippen MR) is 92.6 cm³/mol. The highest BCUT2D eigenvalue weighted by Crippen LogP contribution is 2.51. The number of rotatable bonds is 2. The number of aromatic nitrogens is 3. The molecule has 2 unspecified atom stereocenters. The van der Waals surface area contributed by atoms with Gasteiger partial charge in [0.25, 0.3) is 0 Å². The molecule has 135 valence electrons. The Labute approximate surface area is 148 Å². The molecule has 3 aromatic rings. The number of pyridine rings is 2. The summed E-state index contributed by atoms with van der Waals surface area (Å²) in [6.45, 7) is 1.41. The van der Waals surface area contributed by atoms with Gasteiger partial charge in [0.15, 0.2) is 0 Å². The number of piperidine rings is 1. The highest BCUT2D eigenvalue weighted by Gasteiger charge is 2.59. The maximum absolute atomic E-state index is 12.9. The first-order valence-corrected chi connectivity index (χ1v) is 8.90. The monoisotopic (exact) mass is 359 g/mol. The van der Waals surface area contributed by atoms with E-state index in [0.29, 0.717) is 6.54 Å². The van der Waals surface area contributed by atoms with Crippen LogP contribution in [0, 0.1) is 5.92 Å². The molecule has 26 heavy (non-hydrogen) atoms. The second kappa shape index (κ2) is 5.67. The molecule has 1 radical (unpaired) electrons. The zero-order valence-electron chi connectivity index (χ0n) is 14.1. The van der Waals surface area contributed by atoms with Crippen LogP contribution in [0.1, 0.15) is 30.7 Å². The molecule has 4 nitrogen and oxygen atoms in total. The molecule has 0 spiro atoms. The standard InChI is InChI=1S/C19H18F3N4/c20-19(21,22)14-8-16(14)26-7-1-2-11(10-26)12-3-5-23-15-9-25-18-13(17(12)15)4-6-24-18/h3-6,9,11,16H,1-2,7-8,10H2,(H,24,25). The normalized spacial score (nSPS) is 25.2. The Kier molecular flexibility index (Phi) is 3.50. The number of halogens is 3. The van der Waals surface area contributed by atoms with Crippen molar-refractivity contribution in [3.8, 4) is 0 Å². The van der Waals surface area contributed by atoms with Crippen molar-refractivity contribution < 1.29 is 13.2 Å². The SMILES string of the molecule is FC(F)(F)[C]1CC1N1CCCC(c2ccnc3cnc4[nH]ccc4c23)C1. The molecule has 3 aromatic heterocycles. The third kappa shape index (κ3) is 2.57. The number of likely N-dealkylation sites (tertiary alicyclic amines) is 1. The Morgan fingerprint density at radius 1 is 1.19 bits per heavy atom. The number of hydrogen-bond donors (Lipinski definition) is 1. The van der Waals surface area contributed by atoms with Gasteiger partial charge in [-0.1, -0.05) is 0 Å². The van der Waals surface area contributed by atoms with Gasteiger partial charge in [0.2, 0.25) is 0 Å². The summed E-state index contributed by atoms with van der Waals surface area (Å²) in [6, 6.07) is 3.59. The van der Waals surface area contributed by atoms with E-state index in [0.717, 1.165) is 41.3 Å². The van der Waals surface area contributed by atoms with Crippen molar-refractivity contribution in [2.24, 2.45) is 0 Å². The maximum Gasteiger partial charge on any atom is 0.396 e. The van der Waals surface area contributed by atoms with Crippen LogP contribution in [-0.2, 0) is 0 Å². The number of aromatic amines is 1. The van der Waals surface area contributed by atoms with Gasteiger partial charge in [-0.15, -0.1) is 0 Å². The van der Waals surface area contributed by atoms with E-state index in [1.54, 1.807) is 12.4 Å². The topological polar surface area (TPSA) is 44.8 Å². The van der Waals surface area contributed by atoms with Gasteiger partial charge in [-0.25, -0.2) is 4.98 Å². The van der Waals surface area contributed by atoms with Gasteiger partial charge in [-0.3, -0.25) is 9.88 Å². The van der Waals surface area contributed by atoms with Crippen molar-refractivity contribution in [3.05, 3.63) is 42.2 Å². The van der Waals surface area contributed by atoms with E-state index in [1.165, 1.54) is 5.56 Å². The number of hydrogen-bond acceptors (Lipinski definition) is 3. The molecule has 0 amide bonds. The van der Waals surface area contributed by atoms with Crippen molar-refractivity contribution >= 4 is 21.9 Å². The van der Waals surface area contributed by atoms with E-state index >= 15 is 0 Å². The van der Waals surface area contributed by atoms with Gasteiger partial charge in [-0.05, 0) is 49.4 Å². The predicted octanol–water partition coefficient (Wildman–Crippen LogP) is 4.20. The van der Waals surface area contributed by atoms with Gasteiger partial charge >= 0.3 is 6.18 Å². The molecule has 1 saturated heterocycles. The molecule has 2 atom stereocenters. The van der Waals surface area contributed by atoms with Crippen LogP contribution < -0.4 is 0 Å². The lowest BCUT2D eigenvalue weighted by Crippen LogP contribution is -2.37. The van der Waals surface area contributed by atoms with Crippen molar-refractivity contribution in [1.29, 1.82) is 0 Å². The average Bonchev–Trinajstić information content (AvgIpc) is 3.32. The molecule has 1 aliphatic carbocycles. The summed E-state index contributed by atoms with van der Waals surface area (Å²) < 4.78 is 38.8. The maximum atomic E-state index is 12.9. The van der Waals surface area contributed by atoms with Crippen LogP contribution in [0.3, 0.4) is 0 Å². The van der Waals surface area contributed by atoms with Gasteiger partial charge in [-0.2, -0.15) is 13.2 Å². The lowest BCUT2D eigenvalue weighted by atomic mass is 9.88. The van der Waals surface area contributed by atoms with Gasteiger partial charge in [0.1, 0.15) is 5.65 Å². The molecule has 1 N–H and O–H groups in total. The second-order valence-corrected chi connectivity index (χ2v) is 7.24. The van der Waals surface area contributed by atoms with Crippen molar-refractivity contribution in [2.75, 3.05) is 13.1 Å². The van der Waals surface area contributed by atoms with Crippen LogP contribution in [-0.4, -0.2) is 45.2 Å². The summed E-state index contributed by atoms with van der Waals surface area (Å²) in [7, 11) is 0. The fourth-order valence-corrected chi connectivity index (χ4v) is 4.37. The molecule has 0 aromatic carbocycles. The van der Waals surface area contributed by atoms with Crippen molar-refractivity contribution in [3.63, 3.8) is 0 Å². The van der Waals surface area contributed by atoms with Crippen LogP contribution in [0.15, 0.2) is 30.7 Å². The van der Waals surface area contributed by atoms with E-state index in [-0.39, 0.29) is 18.3 Å². The minimum Gasteiger partial charge on any atom is -0.346 e. The Bertz CT molecular complexity index is 964. The first kappa shape index (κ1) is 16.1. The molecule has 2 fully saturated rings. The first-order valence-electron chi connectivity index (χ1n) is 8.90. The Balaban J connectivity index is 1.49. The zero-order valence-corrected chi connectivity index (χ0v) is 14.1. The third-order valence-corrected chi connectivity index (χ3v) is 5.68. The highest BCUT2D eigenvalue weighted by atomic mass is 19.4. The highest BCUT2D eigenvalue weighted by molar-refractivity contribution is 6.05. The van der Waals surface area contributed by atoms with E-state index in [9.17, 15) is 13.2 Å². The Morgan fingerprint density at radius 3 is 2.88 bits per heavy atom. The third-order valence-electron chi connectivity index (χ3n) is 5.68. The van der Waals surface area contributed by atoms with Gasteiger partial charge < -0.3 is 4.98 Å². The summed E-state index contributed by atoms with van der Waals surface area (Å²) in [4.78, 5) is 14.0. The first-order chi connectivity index (χ1) is 12.5. The van der Waals surface area contributed by atoms with Crippen LogP contribution in [0.2, 0.25) is 0 Å². The minimum atomic E-state index is -4.15. The van der Waals surface area contributed by atoms with Gasteiger partial charge in [0.05, 0.1) is 17.6 Å². The van der Waals surface area contributed by atoms with E-state index in [1.807, 2.05) is 23.2 Å². The fourth-order valence-electron chi connectivity index (χ4n) is 4.37. The molecule has 2 aliphatic rings. The van der Waals surface area contributed by atoms with Gasteiger partial charge in [0, 0.05) is 35.8 Å². The van der Waals surface area contributed by atoms with E-state index < -0.39 is 12.2 Å². The fraction of sp³-hybridized carbons (Fsp3) is 0.421. The molecule has 4 heterocycles.